The summed E-state index contributed by atoms with van der Waals surface area (Å²) in [5, 5.41) is 17.8. The number of halogens is 2. The van der Waals surface area contributed by atoms with Gasteiger partial charge in [-0.2, -0.15) is 0 Å². The standard InChI is InChI=1S/C28H25Cl2N5O2S2/c1-2-13-35-26(33-34-28(35)39-16-25(36)31-19-11-12-22(29)23(30)14-19)17-7-9-18(10-8-17)32-27(37)21-15-38-24-6-4-3-5-20(21)24/h2,7-12,14-15H,1,3-6,13,16H2,(H,31,36)(H,32,37). The van der Waals surface area contributed by atoms with Gasteiger partial charge in [0.05, 0.1) is 21.4 Å². The van der Waals surface area contributed by atoms with Crippen LogP contribution in [0.5, 0.6) is 0 Å². The lowest BCUT2D eigenvalue weighted by atomic mass is 9.95. The van der Waals surface area contributed by atoms with Gasteiger partial charge in [-0.05, 0) is 73.7 Å². The number of hydrogen-bond acceptors (Lipinski definition) is 6. The van der Waals surface area contributed by atoms with E-state index in [0.29, 0.717) is 38.9 Å². The highest BCUT2D eigenvalue weighted by atomic mass is 35.5. The third-order valence-electron chi connectivity index (χ3n) is 6.27. The SMILES string of the molecule is C=CCn1c(SCC(=O)Nc2ccc(Cl)c(Cl)c2)nnc1-c1ccc(NC(=O)c2csc3c2CCCC3)cc1. The molecule has 0 saturated heterocycles. The van der Waals surface area contributed by atoms with Gasteiger partial charge in [-0.3, -0.25) is 14.2 Å². The molecular weight excluding hydrogens is 573 g/mol. The molecule has 1 aliphatic rings. The first-order chi connectivity index (χ1) is 18.9. The van der Waals surface area contributed by atoms with Gasteiger partial charge < -0.3 is 10.6 Å². The van der Waals surface area contributed by atoms with E-state index in [0.717, 1.165) is 30.4 Å². The zero-order chi connectivity index (χ0) is 27.4. The number of nitrogens with one attached hydrogen (secondary N) is 2. The average Bonchev–Trinajstić information content (AvgIpc) is 3.55. The van der Waals surface area contributed by atoms with E-state index in [2.05, 4.69) is 27.4 Å². The van der Waals surface area contributed by atoms with Crippen LogP contribution in [0.1, 0.15) is 33.6 Å². The van der Waals surface area contributed by atoms with E-state index in [1.165, 1.54) is 28.6 Å². The zero-order valence-corrected chi connectivity index (χ0v) is 24.0. The number of amides is 2. The lowest BCUT2D eigenvalue weighted by Crippen LogP contribution is -2.14. The van der Waals surface area contributed by atoms with Crippen LogP contribution in [0, 0.1) is 0 Å². The van der Waals surface area contributed by atoms with Crippen LogP contribution in [0.3, 0.4) is 0 Å². The quantitative estimate of drug-likeness (QED) is 0.155. The third kappa shape index (κ3) is 6.38. The number of allylic oxidation sites excluding steroid dienone is 1. The van der Waals surface area contributed by atoms with Crippen molar-refractivity contribution in [1.82, 2.24) is 14.8 Å². The fourth-order valence-electron chi connectivity index (χ4n) is 4.39. The number of fused-ring (bicyclic) bond motifs is 1. The molecule has 2 heterocycles. The van der Waals surface area contributed by atoms with Crippen LogP contribution >= 0.6 is 46.3 Å². The predicted molar refractivity (Wildman–Crippen MR) is 160 cm³/mol. The first-order valence-electron chi connectivity index (χ1n) is 12.4. The maximum Gasteiger partial charge on any atom is 0.256 e. The molecular formula is C28H25Cl2N5O2S2. The summed E-state index contributed by atoms with van der Waals surface area (Å²) in [7, 11) is 0. The minimum absolute atomic E-state index is 0.0743. The van der Waals surface area contributed by atoms with Gasteiger partial charge in [0.15, 0.2) is 11.0 Å². The van der Waals surface area contributed by atoms with Crippen LogP contribution in [0.25, 0.3) is 11.4 Å². The second kappa shape index (κ2) is 12.4. The molecule has 0 bridgehead atoms. The number of benzene rings is 2. The molecule has 0 atom stereocenters. The molecule has 0 unspecified atom stereocenters. The molecule has 7 nitrogen and oxygen atoms in total. The van der Waals surface area contributed by atoms with Crippen molar-refractivity contribution in [2.75, 3.05) is 16.4 Å². The lowest BCUT2D eigenvalue weighted by molar-refractivity contribution is -0.113. The Morgan fingerprint density at radius 2 is 1.79 bits per heavy atom. The van der Waals surface area contributed by atoms with Crippen LogP contribution in [0.2, 0.25) is 10.0 Å². The molecule has 200 valence electrons. The van der Waals surface area contributed by atoms with Crippen LogP contribution in [-0.2, 0) is 24.2 Å². The molecule has 4 aromatic rings. The number of aromatic nitrogens is 3. The number of hydrogen-bond donors (Lipinski definition) is 2. The molecule has 1 aliphatic carbocycles. The van der Waals surface area contributed by atoms with E-state index < -0.39 is 0 Å². The summed E-state index contributed by atoms with van der Waals surface area (Å²) in [6.07, 6.45) is 6.11. The Bertz CT molecular complexity index is 1530. The highest BCUT2D eigenvalue weighted by molar-refractivity contribution is 7.99. The average molecular weight is 599 g/mol. The minimum atomic E-state index is -0.208. The van der Waals surface area contributed by atoms with E-state index in [4.69, 9.17) is 23.2 Å². The predicted octanol–water partition coefficient (Wildman–Crippen LogP) is 7.36. The van der Waals surface area contributed by atoms with E-state index >= 15 is 0 Å². The summed E-state index contributed by atoms with van der Waals surface area (Å²) in [6, 6.07) is 12.4. The van der Waals surface area contributed by atoms with Crippen LogP contribution in [0.4, 0.5) is 11.4 Å². The fraction of sp³-hybridized carbons (Fsp3) is 0.214. The van der Waals surface area contributed by atoms with E-state index in [1.54, 1.807) is 35.6 Å². The van der Waals surface area contributed by atoms with Crippen molar-refractivity contribution < 1.29 is 9.59 Å². The summed E-state index contributed by atoms with van der Waals surface area (Å²) < 4.78 is 1.90. The monoisotopic (exact) mass is 597 g/mol. The van der Waals surface area contributed by atoms with Crippen LogP contribution in [0.15, 0.2) is 65.7 Å². The molecule has 2 N–H and O–H groups in total. The number of thiophene rings is 1. The van der Waals surface area contributed by atoms with Gasteiger partial charge in [-0.15, -0.1) is 28.1 Å². The number of carbonyl (C=O) groups excluding carboxylic acids is 2. The number of nitrogens with zero attached hydrogens (tertiary/aromatic N) is 3. The van der Waals surface area contributed by atoms with E-state index in [-0.39, 0.29) is 17.6 Å². The molecule has 0 spiro atoms. The van der Waals surface area contributed by atoms with Gasteiger partial charge in [0, 0.05) is 33.7 Å². The van der Waals surface area contributed by atoms with E-state index in [9.17, 15) is 9.59 Å². The zero-order valence-electron chi connectivity index (χ0n) is 20.9. The third-order valence-corrected chi connectivity index (χ3v) is 9.07. The number of carbonyl (C=O) groups is 2. The van der Waals surface area contributed by atoms with E-state index in [1.807, 2.05) is 34.2 Å². The van der Waals surface area contributed by atoms with Gasteiger partial charge in [-0.1, -0.05) is 41.0 Å². The summed E-state index contributed by atoms with van der Waals surface area (Å²) >= 11 is 14.9. The molecule has 2 amide bonds. The van der Waals surface area contributed by atoms with Gasteiger partial charge >= 0.3 is 0 Å². The summed E-state index contributed by atoms with van der Waals surface area (Å²) in [5.41, 5.74) is 4.10. The van der Waals surface area contributed by atoms with Gasteiger partial charge in [0.25, 0.3) is 5.91 Å². The van der Waals surface area contributed by atoms with Crippen molar-refractivity contribution in [2.24, 2.45) is 0 Å². The Labute approximate surface area is 244 Å². The number of rotatable bonds is 9. The molecule has 0 saturated carbocycles. The second-order valence-corrected chi connectivity index (χ2v) is 11.7. The molecule has 0 aliphatic heterocycles. The summed E-state index contributed by atoms with van der Waals surface area (Å²) in [5.74, 6) is 0.495. The highest BCUT2D eigenvalue weighted by Gasteiger charge is 2.20. The van der Waals surface area contributed by atoms with Crippen LogP contribution in [-0.4, -0.2) is 32.3 Å². The van der Waals surface area contributed by atoms with Crippen molar-refractivity contribution in [3.8, 4) is 11.4 Å². The smallest absolute Gasteiger partial charge is 0.256 e. The second-order valence-electron chi connectivity index (χ2n) is 8.96. The minimum Gasteiger partial charge on any atom is -0.325 e. The molecule has 2 aromatic carbocycles. The molecule has 39 heavy (non-hydrogen) atoms. The maximum atomic E-state index is 12.9. The normalized spacial score (nSPS) is 12.6. The lowest BCUT2D eigenvalue weighted by Gasteiger charge is -2.13. The van der Waals surface area contributed by atoms with Crippen molar-refractivity contribution in [3.05, 3.63) is 86.5 Å². The van der Waals surface area contributed by atoms with Crippen molar-refractivity contribution in [2.45, 2.75) is 37.4 Å². The maximum absolute atomic E-state index is 12.9. The van der Waals surface area contributed by atoms with Crippen LogP contribution < -0.4 is 10.6 Å². The topological polar surface area (TPSA) is 88.9 Å². The van der Waals surface area contributed by atoms with Gasteiger partial charge in [0.2, 0.25) is 5.91 Å². The van der Waals surface area contributed by atoms with Crippen molar-refractivity contribution in [3.63, 3.8) is 0 Å². The fourth-order valence-corrected chi connectivity index (χ4v) is 6.56. The Morgan fingerprint density at radius 3 is 2.56 bits per heavy atom. The molecule has 0 fully saturated rings. The van der Waals surface area contributed by atoms with Crippen molar-refractivity contribution in [1.29, 1.82) is 0 Å². The Kier molecular flexibility index (Phi) is 8.72. The molecule has 11 heteroatoms. The Morgan fingerprint density at radius 1 is 1.03 bits per heavy atom. The first-order valence-corrected chi connectivity index (χ1v) is 15.0. The first kappa shape index (κ1) is 27.5. The van der Waals surface area contributed by atoms with Gasteiger partial charge in [-0.25, -0.2) is 0 Å². The van der Waals surface area contributed by atoms with Crippen molar-refractivity contribution >= 4 is 69.5 Å². The molecule has 5 rings (SSSR count). The number of aryl methyl sites for hydroxylation is 1. The van der Waals surface area contributed by atoms with Gasteiger partial charge in [0.1, 0.15) is 0 Å². The Hall–Kier alpha value is -3.11. The Balaban J connectivity index is 1.25. The molecule has 2 aromatic heterocycles. The molecule has 0 radical (unpaired) electrons. The number of thioether (sulfide) groups is 1. The summed E-state index contributed by atoms with van der Waals surface area (Å²) in [4.78, 5) is 26.8. The largest absolute Gasteiger partial charge is 0.325 e. The highest BCUT2D eigenvalue weighted by Crippen LogP contribution is 2.31. The number of anilines is 2. The summed E-state index contributed by atoms with van der Waals surface area (Å²) in [6.45, 7) is 4.32.